The van der Waals surface area contributed by atoms with E-state index in [1.807, 2.05) is 39.3 Å². The van der Waals surface area contributed by atoms with Crippen LogP contribution >= 0.6 is 42.6 Å². The van der Waals surface area contributed by atoms with Crippen LogP contribution in [0.3, 0.4) is 0 Å². The molecular weight excluding hydrogens is 354 g/mol. The van der Waals surface area contributed by atoms with Crippen molar-refractivity contribution in [2.45, 2.75) is 47.9 Å². The van der Waals surface area contributed by atoms with Gasteiger partial charge in [-0.2, -0.15) is 0 Å². The van der Waals surface area contributed by atoms with Crippen molar-refractivity contribution in [3.8, 4) is 0 Å². The lowest BCUT2D eigenvalue weighted by Crippen LogP contribution is -2.74. The molecule has 110 valence electrons. The number of hydrogen-bond acceptors (Lipinski definition) is 2. The van der Waals surface area contributed by atoms with Gasteiger partial charge < -0.3 is 9.79 Å². The number of halogens is 3. The topological polar surface area (TPSA) is 66.8 Å². The molecule has 0 aliphatic heterocycles. The SMILES string of the molecule is C[Si](C)(C)C(OP(=O)(O)O)(C(Cl)(Cl)Cl)[Si](C)(C)C. The average Bonchev–Trinajstić information content (AvgIpc) is 1.90. The molecule has 0 rings (SSSR count). The third kappa shape index (κ3) is 3.96. The van der Waals surface area contributed by atoms with Gasteiger partial charge in [0.1, 0.15) is 4.85 Å². The Bertz CT molecular complexity index is 317. The van der Waals surface area contributed by atoms with Crippen LogP contribution in [0.15, 0.2) is 0 Å². The van der Waals surface area contributed by atoms with Gasteiger partial charge in [0.05, 0.1) is 16.1 Å². The van der Waals surface area contributed by atoms with Crippen LogP contribution < -0.4 is 0 Å². The summed E-state index contributed by atoms with van der Waals surface area (Å²) in [6.45, 7) is 11.3. The number of rotatable bonds is 4. The molecule has 0 bridgehead atoms. The molecule has 0 amide bonds. The van der Waals surface area contributed by atoms with Crippen LogP contribution in [0.5, 0.6) is 0 Å². The van der Waals surface area contributed by atoms with E-state index in [1.165, 1.54) is 0 Å². The maximum atomic E-state index is 11.3. The molecule has 0 spiro atoms. The molecule has 0 aliphatic carbocycles. The number of alkyl halides is 3. The zero-order valence-electron chi connectivity index (χ0n) is 11.3. The third-order valence-electron chi connectivity index (χ3n) is 2.77. The predicted octanol–water partition coefficient (Wildman–Crippen LogP) is 3.96. The molecule has 0 aliphatic rings. The fourth-order valence-corrected chi connectivity index (χ4v) is 22.0. The Morgan fingerprint density at radius 2 is 1.22 bits per heavy atom. The molecule has 4 nitrogen and oxygen atoms in total. The van der Waals surface area contributed by atoms with Gasteiger partial charge in [-0.1, -0.05) is 74.1 Å². The molecule has 10 heteroatoms. The molecule has 0 aromatic carbocycles. The van der Waals surface area contributed by atoms with Crippen LogP contribution in [0, 0.1) is 0 Å². The van der Waals surface area contributed by atoms with Gasteiger partial charge in [-0.05, 0) is 0 Å². The molecule has 0 saturated heterocycles. The normalized spacial score (nSPS) is 15.9. The van der Waals surface area contributed by atoms with Crippen LogP contribution in [-0.4, -0.2) is 34.6 Å². The van der Waals surface area contributed by atoms with E-state index in [0.29, 0.717) is 0 Å². The smallest absolute Gasteiger partial charge is 0.303 e. The average molecular weight is 374 g/mol. The van der Waals surface area contributed by atoms with E-state index in [4.69, 9.17) is 39.3 Å². The fraction of sp³-hybridized carbons (Fsp3) is 1.00. The summed E-state index contributed by atoms with van der Waals surface area (Å²) in [6, 6.07) is 0. The van der Waals surface area contributed by atoms with E-state index in [0.717, 1.165) is 0 Å². The molecule has 0 heterocycles. The van der Waals surface area contributed by atoms with Gasteiger partial charge in [-0.15, -0.1) is 0 Å². The van der Waals surface area contributed by atoms with E-state index in [9.17, 15) is 14.4 Å². The van der Waals surface area contributed by atoms with Crippen molar-refractivity contribution in [2.75, 3.05) is 0 Å². The minimum atomic E-state index is -4.76. The van der Waals surface area contributed by atoms with Gasteiger partial charge >= 0.3 is 7.82 Å². The first-order valence-electron chi connectivity index (χ1n) is 5.29. The first-order chi connectivity index (χ1) is 7.46. The van der Waals surface area contributed by atoms with Crippen LogP contribution in [0.2, 0.25) is 39.3 Å². The Morgan fingerprint density at radius 3 is 1.28 bits per heavy atom. The lowest BCUT2D eigenvalue weighted by molar-refractivity contribution is 0.142. The van der Waals surface area contributed by atoms with Crippen LogP contribution in [0.1, 0.15) is 0 Å². The second-order valence-corrected chi connectivity index (χ2v) is 20.6. The molecule has 0 unspecified atom stereocenters. The Morgan fingerprint density at radius 1 is 0.944 bits per heavy atom. The first-order valence-corrected chi connectivity index (χ1v) is 15.0. The van der Waals surface area contributed by atoms with Crippen molar-refractivity contribution in [1.29, 1.82) is 0 Å². The zero-order chi connectivity index (χ0) is 15.2. The Balaban J connectivity index is 6.18. The second-order valence-electron chi connectivity index (χ2n) is 6.26. The van der Waals surface area contributed by atoms with Gasteiger partial charge in [-0.25, -0.2) is 4.57 Å². The van der Waals surface area contributed by atoms with Crippen molar-refractivity contribution in [3.63, 3.8) is 0 Å². The number of phosphoric acid groups is 1. The molecule has 18 heavy (non-hydrogen) atoms. The predicted molar refractivity (Wildman–Crippen MR) is 82.8 cm³/mol. The summed E-state index contributed by atoms with van der Waals surface area (Å²) in [5.41, 5.74) is 0. The first kappa shape index (κ1) is 19.4. The minimum absolute atomic E-state index is 1.39. The molecule has 2 N–H and O–H groups in total. The van der Waals surface area contributed by atoms with Gasteiger partial charge in [0.2, 0.25) is 3.79 Å². The summed E-state index contributed by atoms with van der Waals surface area (Å²) >= 11 is 18.2. The zero-order valence-corrected chi connectivity index (χ0v) is 16.5. The highest BCUT2D eigenvalue weighted by atomic mass is 35.6. The molecule has 0 fully saturated rings. The molecule has 0 aromatic heterocycles. The second kappa shape index (κ2) is 5.31. The van der Waals surface area contributed by atoms with E-state index < -0.39 is 32.6 Å². The largest absolute Gasteiger partial charge is 0.469 e. The molecular formula is C8H20Cl3O4PSi2. The number of phosphoric ester groups is 1. The molecule has 0 atom stereocenters. The Labute approximate surface area is 125 Å². The van der Waals surface area contributed by atoms with Crippen LogP contribution in [0.25, 0.3) is 0 Å². The summed E-state index contributed by atoms with van der Waals surface area (Å²) < 4.78 is 14.6. The van der Waals surface area contributed by atoms with Gasteiger partial charge in [-0.3, -0.25) is 4.52 Å². The van der Waals surface area contributed by atoms with Crippen molar-refractivity contribution >= 4 is 58.8 Å². The molecule has 0 aromatic rings. The lowest BCUT2D eigenvalue weighted by Gasteiger charge is -2.54. The quantitative estimate of drug-likeness (QED) is 0.445. The third-order valence-corrected chi connectivity index (χ3v) is 15.1. The number of hydrogen-bond donors (Lipinski definition) is 2. The monoisotopic (exact) mass is 372 g/mol. The minimum Gasteiger partial charge on any atom is -0.303 e. The standard InChI is InChI=1S/C8H20Cl3O4PSi2/c1-17(2,3)8(7(9,10)11,18(4,5)6)15-16(12,13)14/h1-6H3,(H2,12,13,14). The van der Waals surface area contributed by atoms with Crippen molar-refractivity contribution in [2.24, 2.45) is 0 Å². The summed E-state index contributed by atoms with van der Waals surface area (Å²) in [5, 5.41) is 0. The van der Waals surface area contributed by atoms with Crippen molar-refractivity contribution < 1.29 is 18.9 Å². The fourth-order valence-electron chi connectivity index (χ4n) is 2.48. The van der Waals surface area contributed by atoms with Crippen molar-refractivity contribution in [3.05, 3.63) is 0 Å². The maximum absolute atomic E-state index is 11.3. The van der Waals surface area contributed by atoms with Crippen molar-refractivity contribution in [1.82, 2.24) is 0 Å². The highest BCUT2D eigenvalue weighted by molar-refractivity contribution is 7.46. The van der Waals surface area contributed by atoms with Gasteiger partial charge in [0.25, 0.3) is 0 Å². The Hall–Kier alpha value is 1.41. The highest BCUT2D eigenvalue weighted by Crippen LogP contribution is 2.57. The van der Waals surface area contributed by atoms with E-state index in [1.54, 1.807) is 0 Å². The maximum Gasteiger partial charge on any atom is 0.469 e. The summed E-state index contributed by atoms with van der Waals surface area (Å²) in [6.07, 6.45) is 0. The van der Waals surface area contributed by atoms with E-state index in [-0.39, 0.29) is 0 Å². The van der Waals surface area contributed by atoms with E-state index >= 15 is 0 Å². The van der Waals surface area contributed by atoms with Gasteiger partial charge in [0.15, 0.2) is 0 Å². The molecule has 0 radical (unpaired) electrons. The Kier molecular flexibility index (Phi) is 5.73. The molecule has 0 saturated carbocycles. The van der Waals surface area contributed by atoms with Gasteiger partial charge in [0, 0.05) is 0 Å². The highest BCUT2D eigenvalue weighted by Gasteiger charge is 2.67. The van der Waals surface area contributed by atoms with E-state index in [2.05, 4.69) is 0 Å². The summed E-state index contributed by atoms with van der Waals surface area (Å²) in [4.78, 5) is 17.0. The summed E-state index contributed by atoms with van der Waals surface area (Å²) in [7, 11) is -9.49. The van der Waals surface area contributed by atoms with Crippen LogP contribution in [0.4, 0.5) is 0 Å². The summed E-state index contributed by atoms with van der Waals surface area (Å²) in [5.74, 6) is 0. The van der Waals surface area contributed by atoms with Crippen LogP contribution in [-0.2, 0) is 9.09 Å². The lowest BCUT2D eigenvalue weighted by atomic mass is 10.8.